The van der Waals surface area contributed by atoms with E-state index in [1.807, 2.05) is 24.3 Å². The molecule has 2 aromatic heterocycles. The van der Waals surface area contributed by atoms with Crippen LogP contribution < -0.4 is 5.32 Å². The summed E-state index contributed by atoms with van der Waals surface area (Å²) in [5.41, 5.74) is 2.20. The van der Waals surface area contributed by atoms with Gasteiger partial charge in [-0.05, 0) is 34.1 Å². The minimum Gasteiger partial charge on any atom is -0.340 e. The molecule has 2 heterocycles. The summed E-state index contributed by atoms with van der Waals surface area (Å²) in [6.45, 7) is 0. The molecule has 0 unspecified atom stereocenters. The van der Waals surface area contributed by atoms with Gasteiger partial charge >= 0.3 is 0 Å². The maximum Gasteiger partial charge on any atom is 0.200 e. The standard InChI is InChI=1S/C11H7BrClN5/c12-11-17-9-8(14-5-15-9)10(18-11)16-7-3-1-2-6(13)4-7/h1-5H,(H2,14,15,16,17,18). The zero-order chi connectivity index (χ0) is 12.5. The first kappa shape index (κ1) is 11.4. The maximum atomic E-state index is 5.94. The lowest BCUT2D eigenvalue weighted by Gasteiger charge is -2.06. The molecule has 7 heteroatoms. The molecule has 0 aliphatic carbocycles. The van der Waals surface area contributed by atoms with Crippen molar-refractivity contribution in [2.45, 2.75) is 0 Å². The van der Waals surface area contributed by atoms with Gasteiger partial charge in [-0.15, -0.1) is 0 Å². The number of benzene rings is 1. The van der Waals surface area contributed by atoms with Crippen LogP contribution in [0.3, 0.4) is 0 Å². The first-order chi connectivity index (χ1) is 8.72. The highest BCUT2D eigenvalue weighted by atomic mass is 79.9. The maximum absolute atomic E-state index is 5.94. The smallest absolute Gasteiger partial charge is 0.200 e. The van der Waals surface area contributed by atoms with Gasteiger partial charge in [0.25, 0.3) is 0 Å². The van der Waals surface area contributed by atoms with Crippen LogP contribution in [0.15, 0.2) is 35.3 Å². The molecular formula is C11H7BrClN5. The fourth-order valence-corrected chi connectivity index (χ4v) is 2.14. The van der Waals surface area contributed by atoms with Gasteiger partial charge in [0.2, 0.25) is 4.73 Å². The molecule has 0 saturated carbocycles. The SMILES string of the molecule is Clc1cccc(Nc2nc(Br)nc3nc[nH]c23)c1. The third-order valence-electron chi connectivity index (χ3n) is 2.35. The van der Waals surface area contributed by atoms with Crippen molar-refractivity contribution in [3.8, 4) is 0 Å². The summed E-state index contributed by atoms with van der Waals surface area (Å²) in [4.78, 5) is 15.5. The third-order valence-corrected chi connectivity index (χ3v) is 2.94. The summed E-state index contributed by atoms with van der Waals surface area (Å²) in [5.74, 6) is 0.645. The average molecular weight is 325 g/mol. The van der Waals surface area contributed by atoms with Crippen molar-refractivity contribution in [2.75, 3.05) is 5.32 Å². The summed E-state index contributed by atoms with van der Waals surface area (Å²) >= 11 is 9.19. The molecule has 0 saturated heterocycles. The highest BCUT2D eigenvalue weighted by Gasteiger charge is 2.08. The molecule has 18 heavy (non-hydrogen) atoms. The number of nitrogens with one attached hydrogen (secondary N) is 2. The van der Waals surface area contributed by atoms with Crippen molar-refractivity contribution in [2.24, 2.45) is 0 Å². The Labute approximate surface area is 116 Å². The number of hydrogen-bond donors (Lipinski definition) is 2. The number of hydrogen-bond acceptors (Lipinski definition) is 4. The number of aromatic nitrogens is 4. The Hall–Kier alpha value is -1.66. The zero-order valence-corrected chi connectivity index (χ0v) is 11.3. The number of halogens is 2. The normalized spacial score (nSPS) is 10.8. The highest BCUT2D eigenvalue weighted by Crippen LogP contribution is 2.24. The molecule has 0 radical (unpaired) electrons. The predicted molar refractivity (Wildman–Crippen MR) is 74.1 cm³/mol. The number of anilines is 2. The van der Waals surface area contributed by atoms with Gasteiger partial charge < -0.3 is 10.3 Å². The number of aromatic amines is 1. The second-order valence-corrected chi connectivity index (χ2v) is 4.72. The van der Waals surface area contributed by atoms with Gasteiger partial charge in [-0.3, -0.25) is 0 Å². The molecule has 3 rings (SSSR count). The molecule has 0 atom stereocenters. The van der Waals surface area contributed by atoms with Gasteiger partial charge in [0.05, 0.1) is 6.33 Å². The summed E-state index contributed by atoms with van der Waals surface area (Å²) in [6, 6.07) is 7.41. The van der Waals surface area contributed by atoms with Crippen LogP contribution in [0.1, 0.15) is 0 Å². The van der Waals surface area contributed by atoms with Crippen molar-refractivity contribution >= 4 is 50.2 Å². The second kappa shape index (κ2) is 4.55. The van der Waals surface area contributed by atoms with E-state index in [-0.39, 0.29) is 0 Å². The predicted octanol–water partition coefficient (Wildman–Crippen LogP) is 3.51. The zero-order valence-electron chi connectivity index (χ0n) is 8.98. The van der Waals surface area contributed by atoms with Crippen molar-refractivity contribution in [3.05, 3.63) is 40.3 Å². The van der Waals surface area contributed by atoms with Crippen molar-refractivity contribution in [1.29, 1.82) is 0 Å². The van der Waals surface area contributed by atoms with E-state index in [0.29, 0.717) is 21.2 Å². The molecule has 1 aromatic carbocycles. The molecule has 0 bridgehead atoms. The van der Waals surface area contributed by atoms with Crippen LogP contribution in [0.2, 0.25) is 5.02 Å². The van der Waals surface area contributed by atoms with E-state index in [4.69, 9.17) is 11.6 Å². The lowest BCUT2D eigenvalue weighted by atomic mass is 10.3. The van der Waals surface area contributed by atoms with Gasteiger partial charge in [0.1, 0.15) is 5.52 Å². The average Bonchev–Trinajstić information content (AvgIpc) is 2.77. The van der Waals surface area contributed by atoms with Crippen LogP contribution in [0.25, 0.3) is 11.2 Å². The van der Waals surface area contributed by atoms with Gasteiger partial charge in [-0.2, -0.15) is 0 Å². The van der Waals surface area contributed by atoms with Crippen LogP contribution in [0.4, 0.5) is 11.5 Å². The van der Waals surface area contributed by atoms with E-state index in [1.54, 1.807) is 6.33 Å². The number of nitrogens with zero attached hydrogens (tertiary/aromatic N) is 3. The van der Waals surface area contributed by atoms with E-state index < -0.39 is 0 Å². The topological polar surface area (TPSA) is 66.5 Å². The largest absolute Gasteiger partial charge is 0.340 e. The highest BCUT2D eigenvalue weighted by molar-refractivity contribution is 9.10. The minimum absolute atomic E-state index is 0.478. The van der Waals surface area contributed by atoms with Crippen LogP contribution in [-0.2, 0) is 0 Å². The van der Waals surface area contributed by atoms with Crippen LogP contribution in [0.5, 0.6) is 0 Å². The monoisotopic (exact) mass is 323 g/mol. The Morgan fingerprint density at radius 2 is 2.17 bits per heavy atom. The molecule has 5 nitrogen and oxygen atoms in total. The van der Waals surface area contributed by atoms with Crippen LogP contribution in [-0.4, -0.2) is 19.9 Å². The lowest BCUT2D eigenvalue weighted by molar-refractivity contribution is 1.14. The molecule has 0 aliphatic rings. The first-order valence-corrected chi connectivity index (χ1v) is 6.29. The Morgan fingerprint density at radius 1 is 1.28 bits per heavy atom. The quantitative estimate of drug-likeness (QED) is 0.708. The van der Waals surface area contributed by atoms with Crippen molar-refractivity contribution < 1.29 is 0 Å². The van der Waals surface area contributed by atoms with Crippen LogP contribution >= 0.6 is 27.5 Å². The molecule has 0 fully saturated rings. The summed E-state index contributed by atoms with van der Waals surface area (Å²) in [7, 11) is 0. The summed E-state index contributed by atoms with van der Waals surface area (Å²) in [6.07, 6.45) is 1.58. The fourth-order valence-electron chi connectivity index (χ4n) is 1.60. The Kier molecular flexibility index (Phi) is 2.89. The number of rotatable bonds is 2. The Morgan fingerprint density at radius 3 is 3.00 bits per heavy atom. The second-order valence-electron chi connectivity index (χ2n) is 3.58. The Bertz CT molecular complexity index is 711. The molecule has 0 spiro atoms. The van der Waals surface area contributed by atoms with Gasteiger partial charge in [0.15, 0.2) is 11.5 Å². The molecule has 0 aliphatic heterocycles. The number of fused-ring (bicyclic) bond motifs is 1. The minimum atomic E-state index is 0.478. The number of H-pyrrole nitrogens is 1. The molecule has 0 amide bonds. The van der Waals surface area contributed by atoms with E-state index >= 15 is 0 Å². The third kappa shape index (κ3) is 2.16. The first-order valence-electron chi connectivity index (χ1n) is 5.11. The van der Waals surface area contributed by atoms with E-state index in [2.05, 4.69) is 41.2 Å². The summed E-state index contributed by atoms with van der Waals surface area (Å²) < 4.78 is 0.478. The van der Waals surface area contributed by atoms with Crippen molar-refractivity contribution in [3.63, 3.8) is 0 Å². The lowest BCUT2D eigenvalue weighted by Crippen LogP contribution is -1.97. The van der Waals surface area contributed by atoms with Crippen molar-refractivity contribution in [1.82, 2.24) is 19.9 Å². The molecule has 2 N–H and O–H groups in total. The van der Waals surface area contributed by atoms with Crippen LogP contribution in [0, 0.1) is 0 Å². The fraction of sp³-hybridized carbons (Fsp3) is 0. The summed E-state index contributed by atoms with van der Waals surface area (Å²) in [5, 5.41) is 3.84. The van der Waals surface area contributed by atoms with Gasteiger partial charge in [-0.1, -0.05) is 17.7 Å². The van der Waals surface area contributed by atoms with E-state index in [9.17, 15) is 0 Å². The molecular weight excluding hydrogens is 318 g/mol. The van der Waals surface area contributed by atoms with Gasteiger partial charge in [-0.25, -0.2) is 15.0 Å². The van der Waals surface area contributed by atoms with E-state index in [1.165, 1.54) is 0 Å². The number of imidazole rings is 1. The Balaban J connectivity index is 2.06. The van der Waals surface area contributed by atoms with E-state index in [0.717, 1.165) is 11.2 Å². The van der Waals surface area contributed by atoms with Gasteiger partial charge in [0, 0.05) is 10.7 Å². The molecule has 3 aromatic rings. The molecule has 90 valence electrons.